The number of rotatable bonds is 8. The van der Waals surface area contributed by atoms with Crippen molar-refractivity contribution in [2.45, 2.75) is 26.8 Å². The summed E-state index contributed by atoms with van der Waals surface area (Å²) in [7, 11) is 1.89. The van der Waals surface area contributed by atoms with Crippen molar-refractivity contribution in [1.82, 2.24) is 15.6 Å². The van der Waals surface area contributed by atoms with Crippen LogP contribution in [0.4, 0.5) is 5.82 Å². The van der Waals surface area contributed by atoms with Gasteiger partial charge in [-0.2, -0.15) is 0 Å². The molecule has 0 saturated heterocycles. The van der Waals surface area contributed by atoms with Crippen LogP contribution in [0.25, 0.3) is 0 Å². The molecule has 0 fully saturated rings. The van der Waals surface area contributed by atoms with E-state index >= 15 is 0 Å². The molecule has 1 aromatic rings. The monoisotopic (exact) mass is 264 g/mol. The van der Waals surface area contributed by atoms with Crippen LogP contribution in [0.2, 0.25) is 0 Å². The maximum atomic E-state index is 11.6. The van der Waals surface area contributed by atoms with E-state index < -0.39 is 0 Å². The lowest BCUT2D eigenvalue weighted by Crippen LogP contribution is -2.36. The van der Waals surface area contributed by atoms with E-state index in [1.807, 2.05) is 31.0 Å². The second-order valence-electron chi connectivity index (χ2n) is 4.47. The standard InChI is InChI=1S/C14H24N4O/c1-4-8-15-10-12-7-6-9-17-14(12)18(3)11-13(19)16-5-2/h6-7,9,15H,4-5,8,10-11H2,1-3H3,(H,16,19). The Balaban J connectivity index is 2.67. The fourth-order valence-electron chi connectivity index (χ4n) is 1.86. The SMILES string of the molecule is CCCNCc1cccnc1N(C)CC(=O)NCC. The zero-order chi connectivity index (χ0) is 14.1. The number of likely N-dealkylation sites (N-methyl/N-ethyl adjacent to an activating group) is 2. The Kier molecular flexibility index (Phi) is 6.89. The van der Waals surface area contributed by atoms with E-state index in [4.69, 9.17) is 0 Å². The lowest BCUT2D eigenvalue weighted by Gasteiger charge is -2.20. The van der Waals surface area contributed by atoms with Gasteiger partial charge in [-0.1, -0.05) is 13.0 Å². The first kappa shape index (κ1) is 15.4. The van der Waals surface area contributed by atoms with Gasteiger partial charge in [-0.3, -0.25) is 4.79 Å². The Hall–Kier alpha value is -1.62. The molecule has 0 unspecified atom stereocenters. The van der Waals surface area contributed by atoms with Gasteiger partial charge in [-0.25, -0.2) is 4.98 Å². The summed E-state index contributed by atoms with van der Waals surface area (Å²) in [6.07, 6.45) is 2.86. The summed E-state index contributed by atoms with van der Waals surface area (Å²) in [5.41, 5.74) is 1.11. The van der Waals surface area contributed by atoms with Gasteiger partial charge in [0.2, 0.25) is 5.91 Å². The van der Waals surface area contributed by atoms with Crippen LogP contribution in [0, 0.1) is 0 Å². The van der Waals surface area contributed by atoms with Crippen molar-refractivity contribution >= 4 is 11.7 Å². The van der Waals surface area contributed by atoms with Crippen molar-refractivity contribution in [3.8, 4) is 0 Å². The van der Waals surface area contributed by atoms with Crippen LogP contribution in [-0.4, -0.2) is 37.6 Å². The number of carbonyl (C=O) groups is 1. The van der Waals surface area contributed by atoms with Crippen LogP contribution < -0.4 is 15.5 Å². The largest absolute Gasteiger partial charge is 0.355 e. The van der Waals surface area contributed by atoms with Crippen LogP contribution in [0.1, 0.15) is 25.8 Å². The Morgan fingerprint density at radius 2 is 2.21 bits per heavy atom. The molecule has 5 nitrogen and oxygen atoms in total. The summed E-state index contributed by atoms with van der Waals surface area (Å²) in [5, 5.41) is 6.15. The molecule has 0 aliphatic rings. The highest BCUT2D eigenvalue weighted by atomic mass is 16.2. The average Bonchev–Trinajstić information content (AvgIpc) is 2.39. The van der Waals surface area contributed by atoms with E-state index in [0.29, 0.717) is 13.1 Å². The highest BCUT2D eigenvalue weighted by Gasteiger charge is 2.11. The molecule has 0 radical (unpaired) electrons. The molecule has 1 amide bonds. The molecule has 19 heavy (non-hydrogen) atoms. The van der Waals surface area contributed by atoms with Crippen molar-refractivity contribution in [2.24, 2.45) is 0 Å². The molecule has 1 heterocycles. The van der Waals surface area contributed by atoms with Gasteiger partial charge in [0.05, 0.1) is 6.54 Å². The number of nitrogens with one attached hydrogen (secondary N) is 2. The second-order valence-corrected chi connectivity index (χ2v) is 4.47. The molecule has 0 aliphatic heterocycles. The minimum Gasteiger partial charge on any atom is -0.355 e. The number of aromatic nitrogens is 1. The summed E-state index contributed by atoms with van der Waals surface area (Å²) < 4.78 is 0. The predicted octanol–water partition coefficient (Wildman–Crippen LogP) is 1.15. The maximum absolute atomic E-state index is 11.6. The minimum absolute atomic E-state index is 0.0168. The second kappa shape index (κ2) is 8.48. The molecule has 0 atom stereocenters. The zero-order valence-electron chi connectivity index (χ0n) is 12.1. The van der Waals surface area contributed by atoms with Crippen molar-refractivity contribution in [3.63, 3.8) is 0 Å². The smallest absolute Gasteiger partial charge is 0.239 e. The van der Waals surface area contributed by atoms with Crippen LogP contribution >= 0.6 is 0 Å². The minimum atomic E-state index is 0.0168. The van der Waals surface area contributed by atoms with Crippen LogP contribution in [0.5, 0.6) is 0 Å². The third-order valence-electron chi connectivity index (χ3n) is 2.73. The Labute approximate surface area is 115 Å². The third kappa shape index (κ3) is 5.26. The fraction of sp³-hybridized carbons (Fsp3) is 0.571. The quantitative estimate of drug-likeness (QED) is 0.692. The van der Waals surface area contributed by atoms with Crippen LogP contribution in [-0.2, 0) is 11.3 Å². The summed E-state index contributed by atoms with van der Waals surface area (Å²) in [6, 6.07) is 3.96. The van der Waals surface area contributed by atoms with Crippen molar-refractivity contribution < 1.29 is 4.79 Å². The summed E-state index contributed by atoms with van der Waals surface area (Å²) in [6.45, 7) is 6.79. The highest BCUT2D eigenvalue weighted by molar-refractivity contribution is 5.81. The van der Waals surface area contributed by atoms with E-state index in [1.165, 1.54) is 0 Å². The Morgan fingerprint density at radius 1 is 1.42 bits per heavy atom. The van der Waals surface area contributed by atoms with E-state index in [-0.39, 0.29) is 5.91 Å². The number of amides is 1. The normalized spacial score (nSPS) is 10.3. The number of carbonyl (C=O) groups excluding carboxylic acids is 1. The zero-order valence-corrected chi connectivity index (χ0v) is 12.1. The lowest BCUT2D eigenvalue weighted by atomic mass is 10.2. The molecule has 0 bridgehead atoms. The van der Waals surface area contributed by atoms with E-state index in [1.54, 1.807) is 6.20 Å². The van der Waals surface area contributed by atoms with Gasteiger partial charge in [0, 0.05) is 31.9 Å². The summed E-state index contributed by atoms with van der Waals surface area (Å²) in [4.78, 5) is 17.9. The van der Waals surface area contributed by atoms with Crippen molar-refractivity contribution in [3.05, 3.63) is 23.9 Å². The molecule has 0 saturated carbocycles. The van der Waals surface area contributed by atoms with Gasteiger partial charge in [0.15, 0.2) is 0 Å². The van der Waals surface area contributed by atoms with Crippen LogP contribution in [0.3, 0.4) is 0 Å². The topological polar surface area (TPSA) is 57.3 Å². The molecule has 0 aliphatic carbocycles. The van der Waals surface area contributed by atoms with Gasteiger partial charge in [0.1, 0.15) is 5.82 Å². The highest BCUT2D eigenvalue weighted by Crippen LogP contribution is 2.15. The van der Waals surface area contributed by atoms with Crippen LogP contribution in [0.15, 0.2) is 18.3 Å². The third-order valence-corrected chi connectivity index (χ3v) is 2.73. The Morgan fingerprint density at radius 3 is 2.89 bits per heavy atom. The molecular formula is C14H24N4O. The molecule has 1 aromatic heterocycles. The first-order valence-electron chi connectivity index (χ1n) is 6.81. The maximum Gasteiger partial charge on any atom is 0.239 e. The van der Waals surface area contributed by atoms with Gasteiger partial charge in [-0.05, 0) is 26.0 Å². The van der Waals surface area contributed by atoms with Crippen molar-refractivity contribution in [2.75, 3.05) is 31.6 Å². The number of nitrogens with zero attached hydrogens (tertiary/aromatic N) is 2. The number of pyridine rings is 1. The first-order valence-corrected chi connectivity index (χ1v) is 6.81. The molecule has 1 rings (SSSR count). The Bertz CT molecular complexity index is 395. The van der Waals surface area contributed by atoms with E-state index in [9.17, 15) is 4.79 Å². The molecule has 5 heteroatoms. The number of hydrogen-bond donors (Lipinski definition) is 2. The molecule has 106 valence electrons. The van der Waals surface area contributed by atoms with E-state index in [2.05, 4.69) is 22.5 Å². The molecule has 2 N–H and O–H groups in total. The fourth-order valence-corrected chi connectivity index (χ4v) is 1.86. The van der Waals surface area contributed by atoms with E-state index in [0.717, 1.165) is 30.9 Å². The molecule has 0 spiro atoms. The van der Waals surface area contributed by atoms with Gasteiger partial charge in [0.25, 0.3) is 0 Å². The number of hydrogen-bond acceptors (Lipinski definition) is 4. The molecule has 0 aromatic carbocycles. The number of anilines is 1. The van der Waals surface area contributed by atoms with Gasteiger partial charge >= 0.3 is 0 Å². The average molecular weight is 264 g/mol. The summed E-state index contributed by atoms with van der Waals surface area (Å²) in [5.74, 6) is 0.875. The van der Waals surface area contributed by atoms with Crippen molar-refractivity contribution in [1.29, 1.82) is 0 Å². The summed E-state index contributed by atoms with van der Waals surface area (Å²) >= 11 is 0. The molecular weight excluding hydrogens is 240 g/mol. The van der Waals surface area contributed by atoms with Gasteiger partial charge < -0.3 is 15.5 Å². The predicted molar refractivity (Wildman–Crippen MR) is 78.2 cm³/mol. The lowest BCUT2D eigenvalue weighted by molar-refractivity contribution is -0.119. The first-order chi connectivity index (χ1) is 9.19. The van der Waals surface area contributed by atoms with Gasteiger partial charge in [-0.15, -0.1) is 0 Å².